The van der Waals surface area contributed by atoms with Crippen molar-refractivity contribution in [1.82, 2.24) is 10.7 Å². The predicted octanol–water partition coefficient (Wildman–Crippen LogP) is 3.39. The lowest BCUT2D eigenvalue weighted by atomic mass is 10.1. The van der Waals surface area contributed by atoms with Crippen molar-refractivity contribution in [3.63, 3.8) is 0 Å². The summed E-state index contributed by atoms with van der Waals surface area (Å²) in [5, 5.41) is 7.92. The molecule has 2 aromatic rings. The first kappa shape index (κ1) is 17.0. The highest BCUT2D eigenvalue weighted by molar-refractivity contribution is 7.80. The summed E-state index contributed by atoms with van der Waals surface area (Å²) in [4.78, 5) is 0. The van der Waals surface area contributed by atoms with Gasteiger partial charge < -0.3 is 10.1 Å². The van der Waals surface area contributed by atoms with Crippen molar-refractivity contribution in [2.75, 3.05) is 7.11 Å². The number of thiocarbonyl (C=S) groups is 1. The average Bonchev–Trinajstić information content (AvgIpc) is 2.59. The number of nitrogens with zero attached hydrogens (tertiary/aromatic N) is 1. The molecule has 0 spiro atoms. The molecule has 0 aromatic heterocycles. The molecule has 0 heterocycles. The van der Waals surface area contributed by atoms with Crippen LogP contribution in [-0.4, -0.2) is 17.9 Å². The summed E-state index contributed by atoms with van der Waals surface area (Å²) in [6.07, 6.45) is 0. The molecule has 4 nitrogen and oxygen atoms in total. The lowest BCUT2D eigenvalue weighted by Gasteiger charge is -2.09. The molecule has 0 bridgehead atoms. The molecular formula is C18H21N3OS. The van der Waals surface area contributed by atoms with Gasteiger partial charge in [-0.2, -0.15) is 5.10 Å². The van der Waals surface area contributed by atoms with E-state index in [-0.39, 0.29) is 0 Å². The van der Waals surface area contributed by atoms with Gasteiger partial charge in [0.1, 0.15) is 5.75 Å². The van der Waals surface area contributed by atoms with Gasteiger partial charge in [0.2, 0.25) is 0 Å². The van der Waals surface area contributed by atoms with Gasteiger partial charge in [-0.15, -0.1) is 0 Å². The molecule has 0 radical (unpaired) electrons. The maximum Gasteiger partial charge on any atom is 0.187 e. The molecule has 0 saturated heterocycles. The van der Waals surface area contributed by atoms with Crippen molar-refractivity contribution >= 4 is 23.0 Å². The molecule has 120 valence electrons. The fourth-order valence-electron chi connectivity index (χ4n) is 1.96. The van der Waals surface area contributed by atoms with E-state index >= 15 is 0 Å². The van der Waals surface area contributed by atoms with Crippen LogP contribution in [0.4, 0.5) is 0 Å². The second-order valence-corrected chi connectivity index (χ2v) is 5.61. The van der Waals surface area contributed by atoms with E-state index in [0.717, 1.165) is 22.6 Å². The SMILES string of the molecule is COc1ccc(CNC(=S)N/N=C(/C)c2ccc(C)cc2)cc1. The van der Waals surface area contributed by atoms with Crippen LogP contribution in [0.1, 0.15) is 23.6 Å². The first-order valence-corrected chi connectivity index (χ1v) is 7.77. The van der Waals surface area contributed by atoms with Gasteiger partial charge in [0, 0.05) is 6.54 Å². The van der Waals surface area contributed by atoms with Gasteiger partial charge in [0.05, 0.1) is 12.8 Å². The second kappa shape index (κ2) is 8.29. The average molecular weight is 327 g/mol. The first-order chi connectivity index (χ1) is 11.1. The van der Waals surface area contributed by atoms with Crippen LogP contribution in [0.2, 0.25) is 0 Å². The van der Waals surface area contributed by atoms with Crippen LogP contribution in [-0.2, 0) is 6.54 Å². The van der Waals surface area contributed by atoms with Crippen molar-refractivity contribution in [2.24, 2.45) is 5.10 Å². The number of ether oxygens (including phenoxy) is 1. The fourth-order valence-corrected chi connectivity index (χ4v) is 2.08. The van der Waals surface area contributed by atoms with Crippen LogP contribution in [0, 0.1) is 6.92 Å². The zero-order chi connectivity index (χ0) is 16.7. The predicted molar refractivity (Wildman–Crippen MR) is 99.0 cm³/mol. The van der Waals surface area contributed by atoms with Crippen LogP contribution < -0.4 is 15.5 Å². The highest BCUT2D eigenvalue weighted by Gasteiger charge is 1.99. The van der Waals surface area contributed by atoms with Crippen LogP contribution in [0.15, 0.2) is 53.6 Å². The molecule has 2 N–H and O–H groups in total. The quantitative estimate of drug-likeness (QED) is 0.502. The number of hydrogen-bond donors (Lipinski definition) is 2. The molecule has 0 amide bonds. The Labute approximate surface area is 142 Å². The third-order valence-corrected chi connectivity index (χ3v) is 3.64. The maximum absolute atomic E-state index is 5.24. The van der Waals surface area contributed by atoms with E-state index < -0.39 is 0 Å². The van der Waals surface area contributed by atoms with Crippen LogP contribution >= 0.6 is 12.2 Å². The van der Waals surface area contributed by atoms with Crippen molar-refractivity contribution in [3.8, 4) is 5.75 Å². The van der Waals surface area contributed by atoms with E-state index in [1.807, 2.05) is 43.3 Å². The Morgan fingerprint density at radius 3 is 2.35 bits per heavy atom. The molecule has 0 aliphatic heterocycles. The smallest absolute Gasteiger partial charge is 0.187 e. The topological polar surface area (TPSA) is 45.6 Å². The lowest BCUT2D eigenvalue weighted by molar-refractivity contribution is 0.414. The second-order valence-electron chi connectivity index (χ2n) is 5.21. The summed E-state index contributed by atoms with van der Waals surface area (Å²) in [7, 11) is 1.65. The minimum absolute atomic E-state index is 0.493. The Morgan fingerprint density at radius 1 is 1.09 bits per heavy atom. The Hall–Kier alpha value is -2.40. The molecule has 2 rings (SSSR count). The minimum atomic E-state index is 0.493. The van der Waals surface area contributed by atoms with Crippen LogP contribution in [0.3, 0.4) is 0 Å². The van der Waals surface area contributed by atoms with Crippen molar-refractivity contribution in [1.29, 1.82) is 0 Å². The Balaban J connectivity index is 1.84. The zero-order valence-electron chi connectivity index (χ0n) is 13.6. The van der Waals surface area contributed by atoms with Gasteiger partial charge in [-0.1, -0.05) is 42.0 Å². The summed E-state index contributed by atoms with van der Waals surface area (Å²) in [6, 6.07) is 16.1. The lowest BCUT2D eigenvalue weighted by Crippen LogP contribution is -2.32. The normalized spacial score (nSPS) is 11.0. The first-order valence-electron chi connectivity index (χ1n) is 7.36. The summed E-state index contributed by atoms with van der Waals surface area (Å²) in [5.74, 6) is 0.841. The van der Waals surface area contributed by atoms with E-state index in [1.54, 1.807) is 7.11 Å². The molecule has 0 aliphatic rings. The molecule has 0 fully saturated rings. The van der Waals surface area contributed by atoms with Gasteiger partial charge >= 0.3 is 0 Å². The molecule has 0 saturated carbocycles. The number of aryl methyl sites for hydroxylation is 1. The number of hydrazone groups is 1. The zero-order valence-corrected chi connectivity index (χ0v) is 14.4. The van der Waals surface area contributed by atoms with E-state index in [4.69, 9.17) is 17.0 Å². The molecule has 2 aromatic carbocycles. The number of benzene rings is 2. The molecule has 23 heavy (non-hydrogen) atoms. The standard InChI is InChI=1S/C18H21N3OS/c1-13-4-8-16(9-5-13)14(2)20-21-18(23)19-12-15-6-10-17(22-3)11-7-15/h4-11H,12H2,1-3H3,(H2,19,21,23)/b20-14-. The summed E-state index contributed by atoms with van der Waals surface area (Å²) < 4.78 is 5.13. The number of hydrogen-bond acceptors (Lipinski definition) is 3. The molecule has 0 aliphatic carbocycles. The summed E-state index contributed by atoms with van der Waals surface area (Å²) in [6.45, 7) is 4.64. The van der Waals surface area contributed by atoms with E-state index in [2.05, 4.69) is 34.9 Å². The fraction of sp³-hybridized carbons (Fsp3) is 0.222. The van der Waals surface area contributed by atoms with Crippen LogP contribution in [0.5, 0.6) is 5.75 Å². The minimum Gasteiger partial charge on any atom is -0.497 e. The highest BCUT2D eigenvalue weighted by atomic mass is 32.1. The number of nitrogens with one attached hydrogen (secondary N) is 2. The Kier molecular flexibility index (Phi) is 6.11. The van der Waals surface area contributed by atoms with E-state index in [9.17, 15) is 0 Å². The van der Waals surface area contributed by atoms with Gasteiger partial charge in [-0.05, 0) is 49.3 Å². The highest BCUT2D eigenvalue weighted by Crippen LogP contribution is 2.10. The Morgan fingerprint density at radius 2 is 1.74 bits per heavy atom. The monoisotopic (exact) mass is 327 g/mol. The van der Waals surface area contributed by atoms with Crippen molar-refractivity contribution in [2.45, 2.75) is 20.4 Å². The number of rotatable bonds is 5. The Bertz CT molecular complexity index is 678. The number of methoxy groups -OCH3 is 1. The van der Waals surface area contributed by atoms with E-state index in [0.29, 0.717) is 11.7 Å². The molecule has 5 heteroatoms. The summed E-state index contributed by atoms with van der Waals surface area (Å²) >= 11 is 5.24. The molecule has 0 unspecified atom stereocenters. The molecule has 0 atom stereocenters. The maximum atomic E-state index is 5.24. The largest absolute Gasteiger partial charge is 0.497 e. The van der Waals surface area contributed by atoms with Gasteiger partial charge in [0.15, 0.2) is 5.11 Å². The van der Waals surface area contributed by atoms with Gasteiger partial charge in [0.25, 0.3) is 0 Å². The van der Waals surface area contributed by atoms with Gasteiger partial charge in [-0.3, -0.25) is 5.43 Å². The van der Waals surface area contributed by atoms with Gasteiger partial charge in [-0.25, -0.2) is 0 Å². The molecular weight excluding hydrogens is 306 g/mol. The van der Waals surface area contributed by atoms with Crippen molar-refractivity contribution in [3.05, 3.63) is 65.2 Å². The summed E-state index contributed by atoms with van der Waals surface area (Å²) in [5.41, 5.74) is 7.18. The van der Waals surface area contributed by atoms with E-state index in [1.165, 1.54) is 5.56 Å². The van der Waals surface area contributed by atoms with Crippen LogP contribution in [0.25, 0.3) is 0 Å². The third-order valence-electron chi connectivity index (χ3n) is 3.41. The third kappa shape index (κ3) is 5.38. The van der Waals surface area contributed by atoms with Crippen molar-refractivity contribution < 1.29 is 4.74 Å².